The van der Waals surface area contributed by atoms with Gasteiger partial charge in [-0.25, -0.2) is 9.37 Å². The zero-order valence-electron chi connectivity index (χ0n) is 12.5. The molecule has 2 aromatic rings. The van der Waals surface area contributed by atoms with E-state index in [9.17, 15) is 4.39 Å². The second-order valence-corrected chi connectivity index (χ2v) is 6.63. The van der Waals surface area contributed by atoms with E-state index in [0.29, 0.717) is 11.4 Å². The summed E-state index contributed by atoms with van der Waals surface area (Å²) in [7, 11) is 0. The van der Waals surface area contributed by atoms with Crippen molar-refractivity contribution in [3.8, 4) is 0 Å². The van der Waals surface area contributed by atoms with Crippen LogP contribution in [-0.4, -0.2) is 9.55 Å². The molecule has 0 spiro atoms. The molecule has 1 heterocycles. The number of rotatable bonds is 4. The molecular formula is C17H22ClFN2. The molecule has 4 heteroatoms. The first-order valence-corrected chi connectivity index (χ1v) is 8.41. The van der Waals surface area contributed by atoms with Crippen molar-refractivity contribution in [2.24, 2.45) is 11.8 Å². The van der Waals surface area contributed by atoms with Crippen molar-refractivity contribution >= 4 is 22.6 Å². The molecule has 1 fully saturated rings. The molecule has 0 N–H and O–H groups in total. The smallest absolute Gasteiger partial charge is 0.125 e. The summed E-state index contributed by atoms with van der Waals surface area (Å²) >= 11 is 6.01. The molecule has 1 aromatic carbocycles. The van der Waals surface area contributed by atoms with Crippen molar-refractivity contribution in [1.29, 1.82) is 0 Å². The number of alkyl halides is 1. The SMILES string of the molecule is CC1CCC(CCn2c(CCl)nc3cc(F)ccc32)CC1. The van der Waals surface area contributed by atoms with Gasteiger partial charge in [0.05, 0.1) is 16.9 Å². The number of hydrogen-bond acceptors (Lipinski definition) is 1. The van der Waals surface area contributed by atoms with E-state index < -0.39 is 0 Å². The molecule has 1 aliphatic carbocycles. The molecule has 0 radical (unpaired) electrons. The van der Waals surface area contributed by atoms with E-state index in [0.717, 1.165) is 29.7 Å². The van der Waals surface area contributed by atoms with Gasteiger partial charge in [0.1, 0.15) is 11.6 Å². The Bertz CT molecular complexity index is 615. The summed E-state index contributed by atoms with van der Waals surface area (Å²) in [4.78, 5) is 4.46. The maximum atomic E-state index is 13.3. The molecule has 1 aromatic heterocycles. The molecule has 3 rings (SSSR count). The summed E-state index contributed by atoms with van der Waals surface area (Å²) in [6, 6.07) is 4.81. The Kier molecular flexibility index (Phi) is 4.48. The van der Waals surface area contributed by atoms with Gasteiger partial charge in [-0.05, 0) is 30.4 Å². The fraction of sp³-hybridized carbons (Fsp3) is 0.588. The Morgan fingerprint density at radius 3 is 2.76 bits per heavy atom. The predicted octanol–water partition coefficient (Wildman–Crippen LogP) is 5.13. The number of halogens is 2. The van der Waals surface area contributed by atoms with Gasteiger partial charge >= 0.3 is 0 Å². The number of benzene rings is 1. The van der Waals surface area contributed by atoms with Crippen LogP contribution in [-0.2, 0) is 12.4 Å². The third-order valence-electron chi connectivity index (χ3n) is 4.81. The minimum absolute atomic E-state index is 0.241. The lowest BCUT2D eigenvalue weighted by Crippen LogP contribution is -2.15. The maximum Gasteiger partial charge on any atom is 0.125 e. The molecule has 1 aliphatic rings. The van der Waals surface area contributed by atoms with Gasteiger partial charge in [0.25, 0.3) is 0 Å². The van der Waals surface area contributed by atoms with Crippen molar-refractivity contribution in [2.45, 2.75) is 51.5 Å². The van der Waals surface area contributed by atoms with E-state index in [2.05, 4.69) is 16.5 Å². The number of aromatic nitrogens is 2. The second-order valence-electron chi connectivity index (χ2n) is 6.36. The number of nitrogens with zero attached hydrogens (tertiary/aromatic N) is 2. The number of aryl methyl sites for hydroxylation is 1. The normalized spacial score (nSPS) is 22.8. The van der Waals surface area contributed by atoms with Gasteiger partial charge in [-0.3, -0.25) is 0 Å². The van der Waals surface area contributed by atoms with Gasteiger partial charge in [-0.15, -0.1) is 11.6 Å². The van der Waals surface area contributed by atoms with E-state index in [4.69, 9.17) is 11.6 Å². The second kappa shape index (κ2) is 6.35. The van der Waals surface area contributed by atoms with Crippen molar-refractivity contribution in [2.75, 3.05) is 0 Å². The van der Waals surface area contributed by atoms with Crippen molar-refractivity contribution in [3.05, 3.63) is 29.8 Å². The van der Waals surface area contributed by atoms with E-state index in [1.165, 1.54) is 44.2 Å². The van der Waals surface area contributed by atoms with Gasteiger partial charge < -0.3 is 4.57 Å². The van der Waals surface area contributed by atoms with Crippen molar-refractivity contribution in [1.82, 2.24) is 9.55 Å². The fourth-order valence-electron chi connectivity index (χ4n) is 3.43. The highest BCUT2D eigenvalue weighted by molar-refractivity contribution is 6.16. The van der Waals surface area contributed by atoms with Gasteiger partial charge in [-0.2, -0.15) is 0 Å². The summed E-state index contributed by atoms with van der Waals surface area (Å²) in [5, 5.41) is 0. The highest BCUT2D eigenvalue weighted by atomic mass is 35.5. The third-order valence-corrected chi connectivity index (χ3v) is 5.04. The Morgan fingerprint density at radius 1 is 1.29 bits per heavy atom. The summed E-state index contributed by atoms with van der Waals surface area (Å²) in [6.45, 7) is 3.28. The minimum Gasteiger partial charge on any atom is -0.327 e. The van der Waals surface area contributed by atoms with Gasteiger partial charge in [-0.1, -0.05) is 32.6 Å². The van der Waals surface area contributed by atoms with Crippen LogP contribution in [0.15, 0.2) is 18.2 Å². The molecule has 114 valence electrons. The minimum atomic E-state index is -0.241. The highest BCUT2D eigenvalue weighted by Gasteiger charge is 2.19. The van der Waals surface area contributed by atoms with Crippen molar-refractivity contribution in [3.63, 3.8) is 0 Å². The molecular weight excluding hydrogens is 287 g/mol. The van der Waals surface area contributed by atoms with Gasteiger partial charge in [0.2, 0.25) is 0 Å². The number of imidazole rings is 1. The predicted molar refractivity (Wildman–Crippen MR) is 85.0 cm³/mol. The van der Waals surface area contributed by atoms with E-state index in [1.807, 2.05) is 6.07 Å². The van der Waals surface area contributed by atoms with Crippen LogP contribution in [0.1, 0.15) is 44.9 Å². The molecule has 0 saturated heterocycles. The van der Waals surface area contributed by atoms with Crippen LogP contribution >= 0.6 is 11.6 Å². The first-order chi connectivity index (χ1) is 10.2. The maximum absolute atomic E-state index is 13.3. The standard InChI is InChI=1S/C17H22ClFN2/c1-12-2-4-13(5-3-12)8-9-21-16-7-6-14(19)10-15(16)20-17(21)11-18/h6-7,10,12-13H,2-5,8-9,11H2,1H3. The largest absolute Gasteiger partial charge is 0.327 e. The van der Waals surface area contributed by atoms with Crippen molar-refractivity contribution < 1.29 is 4.39 Å². The zero-order valence-corrected chi connectivity index (χ0v) is 13.2. The lowest BCUT2D eigenvalue weighted by atomic mass is 9.81. The van der Waals surface area contributed by atoms with E-state index in [1.54, 1.807) is 0 Å². The fourth-order valence-corrected chi connectivity index (χ4v) is 3.64. The molecule has 0 aliphatic heterocycles. The Hall–Kier alpha value is -1.09. The monoisotopic (exact) mass is 308 g/mol. The average molecular weight is 309 g/mol. The molecule has 0 bridgehead atoms. The summed E-state index contributed by atoms with van der Waals surface area (Å²) in [5.41, 5.74) is 1.71. The average Bonchev–Trinajstić information content (AvgIpc) is 2.83. The first-order valence-electron chi connectivity index (χ1n) is 7.88. The van der Waals surface area contributed by atoms with Crippen LogP contribution < -0.4 is 0 Å². The Balaban J connectivity index is 1.76. The van der Waals surface area contributed by atoms with E-state index >= 15 is 0 Å². The van der Waals surface area contributed by atoms with Gasteiger partial charge in [0.15, 0.2) is 0 Å². The van der Waals surface area contributed by atoms with Crippen LogP contribution in [0.4, 0.5) is 4.39 Å². The molecule has 0 unspecified atom stereocenters. The van der Waals surface area contributed by atoms with Gasteiger partial charge in [0, 0.05) is 12.6 Å². The van der Waals surface area contributed by atoms with Crippen LogP contribution in [0.25, 0.3) is 11.0 Å². The Labute approximate surface area is 130 Å². The third kappa shape index (κ3) is 3.23. The molecule has 2 nitrogen and oxygen atoms in total. The molecule has 0 atom stereocenters. The Morgan fingerprint density at radius 2 is 2.05 bits per heavy atom. The van der Waals surface area contributed by atoms with Crippen LogP contribution in [0.2, 0.25) is 0 Å². The lowest BCUT2D eigenvalue weighted by molar-refractivity contribution is 0.269. The number of hydrogen-bond donors (Lipinski definition) is 0. The quantitative estimate of drug-likeness (QED) is 0.716. The zero-order chi connectivity index (χ0) is 14.8. The highest BCUT2D eigenvalue weighted by Crippen LogP contribution is 2.31. The van der Waals surface area contributed by atoms with Crippen LogP contribution in [0, 0.1) is 17.7 Å². The lowest BCUT2D eigenvalue weighted by Gasteiger charge is -2.26. The molecule has 1 saturated carbocycles. The number of fused-ring (bicyclic) bond motifs is 1. The van der Waals surface area contributed by atoms with Crippen LogP contribution in [0.3, 0.4) is 0 Å². The first kappa shape index (κ1) is 14.8. The summed E-state index contributed by atoms with van der Waals surface area (Å²) in [6.07, 6.45) is 6.53. The molecule has 21 heavy (non-hydrogen) atoms. The van der Waals surface area contributed by atoms with E-state index in [-0.39, 0.29) is 5.82 Å². The summed E-state index contributed by atoms with van der Waals surface area (Å²) in [5.74, 6) is 2.67. The van der Waals surface area contributed by atoms with Crippen LogP contribution in [0.5, 0.6) is 0 Å². The molecule has 0 amide bonds. The summed E-state index contributed by atoms with van der Waals surface area (Å²) < 4.78 is 15.5. The topological polar surface area (TPSA) is 17.8 Å².